The van der Waals surface area contributed by atoms with Crippen molar-refractivity contribution in [2.75, 3.05) is 31.4 Å². The Bertz CT molecular complexity index is 932. The zero-order valence-corrected chi connectivity index (χ0v) is 16.9. The third-order valence-corrected chi connectivity index (χ3v) is 7.53. The SMILES string of the molecule is C.COc1ccc(-c2nc(NC(=O)C(C)(C)S(=O)(=O)C[C@H]3CCOC3)n[nH]2)cc1. The van der Waals surface area contributed by atoms with Crippen LogP contribution in [0.5, 0.6) is 5.75 Å². The number of benzene rings is 1. The van der Waals surface area contributed by atoms with E-state index in [-0.39, 0.29) is 25.0 Å². The Hall–Kier alpha value is -2.46. The number of hydrogen-bond donors (Lipinski definition) is 2. The van der Waals surface area contributed by atoms with Gasteiger partial charge in [-0.1, -0.05) is 7.43 Å². The van der Waals surface area contributed by atoms with Crippen LogP contribution in [-0.2, 0) is 19.4 Å². The van der Waals surface area contributed by atoms with Gasteiger partial charge < -0.3 is 9.47 Å². The van der Waals surface area contributed by atoms with Crippen molar-refractivity contribution in [1.82, 2.24) is 15.2 Å². The van der Waals surface area contributed by atoms with Gasteiger partial charge in [-0.2, -0.15) is 4.98 Å². The molecule has 3 rings (SSSR count). The molecule has 9 nitrogen and oxygen atoms in total. The van der Waals surface area contributed by atoms with Crippen molar-refractivity contribution in [3.8, 4) is 17.1 Å². The van der Waals surface area contributed by atoms with E-state index in [1.807, 2.05) is 0 Å². The molecule has 1 saturated heterocycles. The fraction of sp³-hybridized carbons (Fsp3) is 0.526. The molecule has 0 spiro atoms. The van der Waals surface area contributed by atoms with Gasteiger partial charge in [-0.15, -0.1) is 5.10 Å². The number of aromatic nitrogens is 3. The Balaban J connectivity index is 0.00000300. The molecule has 0 saturated carbocycles. The van der Waals surface area contributed by atoms with E-state index in [0.717, 1.165) is 5.56 Å². The van der Waals surface area contributed by atoms with Crippen LogP contribution in [0.15, 0.2) is 24.3 Å². The number of aromatic amines is 1. The lowest BCUT2D eigenvalue weighted by atomic mass is 10.2. The second kappa shape index (κ2) is 8.91. The summed E-state index contributed by atoms with van der Waals surface area (Å²) in [6.45, 7) is 3.75. The largest absolute Gasteiger partial charge is 0.497 e. The number of anilines is 1. The van der Waals surface area contributed by atoms with Crippen LogP contribution in [0.2, 0.25) is 0 Å². The minimum Gasteiger partial charge on any atom is -0.497 e. The van der Waals surface area contributed by atoms with Gasteiger partial charge in [-0.25, -0.2) is 8.42 Å². The summed E-state index contributed by atoms with van der Waals surface area (Å²) >= 11 is 0. The number of H-pyrrole nitrogens is 1. The molecule has 1 aliphatic rings. The highest BCUT2D eigenvalue weighted by Crippen LogP contribution is 2.25. The summed E-state index contributed by atoms with van der Waals surface area (Å²) in [5, 5.41) is 9.19. The molecular formula is C19H28N4O5S. The van der Waals surface area contributed by atoms with E-state index in [4.69, 9.17) is 9.47 Å². The van der Waals surface area contributed by atoms with Crippen molar-refractivity contribution >= 4 is 21.7 Å². The second-order valence-electron chi connectivity index (χ2n) is 7.21. The number of nitrogens with one attached hydrogen (secondary N) is 2. The number of methoxy groups -OCH3 is 1. The second-order valence-corrected chi connectivity index (χ2v) is 9.80. The molecule has 0 radical (unpaired) electrons. The van der Waals surface area contributed by atoms with Gasteiger partial charge in [0.15, 0.2) is 15.7 Å². The Morgan fingerprint density at radius 2 is 2.03 bits per heavy atom. The molecular weight excluding hydrogens is 396 g/mol. The van der Waals surface area contributed by atoms with Gasteiger partial charge in [0.1, 0.15) is 10.5 Å². The summed E-state index contributed by atoms with van der Waals surface area (Å²) in [5.74, 6) is 0.328. The molecule has 1 aromatic heterocycles. The van der Waals surface area contributed by atoms with Crippen molar-refractivity contribution in [2.45, 2.75) is 32.4 Å². The quantitative estimate of drug-likeness (QED) is 0.699. The smallest absolute Gasteiger partial charge is 0.249 e. The van der Waals surface area contributed by atoms with Crippen LogP contribution in [0.4, 0.5) is 5.95 Å². The zero-order chi connectivity index (χ0) is 20.4. The molecule has 0 aliphatic carbocycles. The predicted octanol–water partition coefficient (Wildman–Crippen LogP) is 2.28. The molecule has 1 atom stereocenters. The highest BCUT2D eigenvalue weighted by molar-refractivity contribution is 7.93. The molecule has 29 heavy (non-hydrogen) atoms. The van der Waals surface area contributed by atoms with Crippen molar-refractivity contribution in [3.05, 3.63) is 24.3 Å². The molecule has 10 heteroatoms. The molecule has 1 fully saturated rings. The monoisotopic (exact) mass is 424 g/mol. The third kappa shape index (κ3) is 4.94. The maximum atomic E-state index is 12.8. The highest BCUT2D eigenvalue weighted by atomic mass is 32.2. The summed E-state index contributed by atoms with van der Waals surface area (Å²) in [7, 11) is -2.11. The lowest BCUT2D eigenvalue weighted by molar-refractivity contribution is -0.117. The van der Waals surface area contributed by atoms with Gasteiger partial charge >= 0.3 is 0 Å². The van der Waals surface area contributed by atoms with Gasteiger partial charge in [-0.05, 0) is 50.5 Å². The van der Waals surface area contributed by atoms with Crippen LogP contribution in [0.25, 0.3) is 11.4 Å². The Morgan fingerprint density at radius 3 is 2.62 bits per heavy atom. The zero-order valence-electron chi connectivity index (χ0n) is 16.1. The minimum atomic E-state index is -3.69. The lowest BCUT2D eigenvalue weighted by Crippen LogP contribution is -2.46. The molecule has 1 amide bonds. The molecule has 1 aliphatic heterocycles. The summed E-state index contributed by atoms with van der Waals surface area (Å²) in [6.07, 6.45) is 0.684. The van der Waals surface area contributed by atoms with Crippen molar-refractivity contribution in [1.29, 1.82) is 0 Å². The number of hydrogen-bond acceptors (Lipinski definition) is 7. The first-order valence-corrected chi connectivity index (χ1v) is 10.6. The minimum absolute atomic E-state index is 0. The molecule has 160 valence electrons. The van der Waals surface area contributed by atoms with Crippen LogP contribution in [0.1, 0.15) is 27.7 Å². The summed E-state index contributed by atoms with van der Waals surface area (Å²) in [5.41, 5.74) is 0.752. The fourth-order valence-electron chi connectivity index (χ4n) is 2.82. The topological polar surface area (TPSA) is 123 Å². The van der Waals surface area contributed by atoms with Crippen molar-refractivity contribution in [2.24, 2.45) is 5.92 Å². The van der Waals surface area contributed by atoms with E-state index in [0.29, 0.717) is 31.2 Å². The number of carbonyl (C=O) groups excluding carboxylic acids is 1. The summed E-state index contributed by atoms with van der Waals surface area (Å²) in [6, 6.07) is 7.14. The Kier molecular flexibility index (Phi) is 7.02. The first-order chi connectivity index (χ1) is 13.2. The van der Waals surface area contributed by atoms with E-state index in [9.17, 15) is 13.2 Å². The van der Waals surface area contributed by atoms with Gasteiger partial charge in [0, 0.05) is 12.2 Å². The molecule has 0 unspecified atom stereocenters. The number of ether oxygens (including phenoxy) is 2. The number of sulfone groups is 1. The van der Waals surface area contributed by atoms with Crippen molar-refractivity contribution < 1.29 is 22.7 Å². The summed E-state index contributed by atoms with van der Waals surface area (Å²) in [4.78, 5) is 16.9. The van der Waals surface area contributed by atoms with Crippen molar-refractivity contribution in [3.63, 3.8) is 0 Å². The fourth-order valence-corrected chi connectivity index (χ4v) is 4.46. The summed E-state index contributed by atoms with van der Waals surface area (Å²) < 4.78 is 34.2. The van der Waals surface area contributed by atoms with E-state index < -0.39 is 20.5 Å². The third-order valence-electron chi connectivity index (χ3n) is 4.88. The van der Waals surface area contributed by atoms with Gasteiger partial charge in [0.2, 0.25) is 11.9 Å². The van der Waals surface area contributed by atoms with Gasteiger partial charge in [0.05, 0.1) is 19.5 Å². The molecule has 2 heterocycles. The maximum absolute atomic E-state index is 12.8. The lowest BCUT2D eigenvalue weighted by Gasteiger charge is -2.24. The normalized spacial score (nSPS) is 16.9. The van der Waals surface area contributed by atoms with Crippen LogP contribution >= 0.6 is 0 Å². The Labute approximate surface area is 171 Å². The van der Waals surface area contributed by atoms with Crippen LogP contribution in [0.3, 0.4) is 0 Å². The maximum Gasteiger partial charge on any atom is 0.249 e. The van der Waals surface area contributed by atoms with E-state index in [1.54, 1.807) is 31.4 Å². The van der Waals surface area contributed by atoms with E-state index in [1.165, 1.54) is 13.8 Å². The van der Waals surface area contributed by atoms with Crippen LogP contribution in [-0.4, -0.2) is 60.3 Å². The van der Waals surface area contributed by atoms with Crippen LogP contribution in [0, 0.1) is 5.92 Å². The standard InChI is InChI=1S/C18H24N4O5S.CH4/c1-18(2,28(24,25)11-12-8-9-27-10-12)16(23)20-17-19-15(21-22-17)13-4-6-14(26-3)7-5-13;/h4-7,12H,8-11H2,1-3H3,(H2,19,20,21,22,23);1H4/t12-;/m0./s1. The number of rotatable bonds is 7. The number of carbonyl (C=O) groups is 1. The van der Waals surface area contributed by atoms with Crippen LogP contribution < -0.4 is 10.1 Å². The average molecular weight is 425 g/mol. The van der Waals surface area contributed by atoms with Gasteiger partial charge in [-0.3, -0.25) is 15.2 Å². The highest BCUT2D eigenvalue weighted by Gasteiger charge is 2.43. The van der Waals surface area contributed by atoms with Gasteiger partial charge in [0.25, 0.3) is 0 Å². The molecule has 2 N–H and O–H groups in total. The predicted molar refractivity (Wildman–Crippen MR) is 111 cm³/mol. The average Bonchev–Trinajstić information content (AvgIpc) is 3.33. The number of amides is 1. The molecule has 1 aromatic carbocycles. The number of nitrogens with zero attached hydrogens (tertiary/aromatic N) is 2. The first-order valence-electron chi connectivity index (χ1n) is 8.91. The molecule has 0 bridgehead atoms. The van der Waals surface area contributed by atoms with E-state index in [2.05, 4.69) is 20.5 Å². The Morgan fingerprint density at radius 1 is 1.34 bits per heavy atom. The first kappa shape index (κ1) is 22.8. The van der Waals surface area contributed by atoms with E-state index >= 15 is 0 Å². The molecule has 2 aromatic rings.